The molecule has 0 saturated carbocycles. The second-order valence-electron chi connectivity index (χ2n) is 13.9. The van der Waals surface area contributed by atoms with Crippen molar-refractivity contribution in [1.29, 1.82) is 0 Å². The third kappa shape index (κ3) is 7.14. The van der Waals surface area contributed by atoms with Gasteiger partial charge in [-0.1, -0.05) is 87.3 Å². The fourth-order valence-electron chi connectivity index (χ4n) is 7.40. The Bertz CT molecular complexity index is 1730. The van der Waals surface area contributed by atoms with Gasteiger partial charge < -0.3 is 9.45 Å². The van der Waals surface area contributed by atoms with E-state index in [1.807, 2.05) is 6.07 Å². The van der Waals surface area contributed by atoms with Crippen LogP contribution >= 0.6 is 11.6 Å². The van der Waals surface area contributed by atoms with Crippen molar-refractivity contribution in [3.05, 3.63) is 106 Å². The molecule has 46 heavy (non-hydrogen) atoms. The lowest BCUT2D eigenvalue weighted by Gasteiger charge is -2.27. The molecule has 0 aromatic heterocycles. The molecule has 2 aromatic carbocycles. The molecule has 3 aliphatic rings. The molecule has 5 rings (SSSR count). The highest BCUT2D eigenvalue weighted by atomic mass is 35.5. The van der Waals surface area contributed by atoms with Crippen LogP contribution in [0.4, 0.5) is 11.4 Å². The third-order valence-corrected chi connectivity index (χ3v) is 11.2. The first-order valence-electron chi connectivity index (χ1n) is 16.9. The first-order chi connectivity index (χ1) is 21.9. The van der Waals surface area contributed by atoms with Crippen molar-refractivity contribution in [3.8, 4) is 0 Å². The third-order valence-electron chi connectivity index (χ3n) is 9.95. The van der Waals surface area contributed by atoms with Crippen LogP contribution in [0.5, 0.6) is 0 Å². The van der Waals surface area contributed by atoms with Gasteiger partial charge in [0, 0.05) is 58.3 Å². The summed E-state index contributed by atoms with van der Waals surface area (Å²) in [7, 11) is -4.21. The van der Waals surface area contributed by atoms with E-state index >= 15 is 0 Å². The minimum atomic E-state index is -4.21. The van der Waals surface area contributed by atoms with Crippen molar-refractivity contribution in [1.82, 2.24) is 0 Å². The number of nitrogens with zero attached hydrogens (tertiary/aromatic N) is 2. The molecular weight excluding hydrogens is 612 g/mol. The van der Waals surface area contributed by atoms with Gasteiger partial charge in [0.1, 0.15) is 6.54 Å². The van der Waals surface area contributed by atoms with Crippen LogP contribution in [0.1, 0.15) is 97.1 Å². The SMILES string of the molecule is CCCCC[N+]1=C(/C=C/C2=C(Cl)C(=C/C=C3/N(CCCCS(=O)(=O)[O-])c4ccccc4C3(C)C)/CCC2)C(C)(C)c2ccccc21. The fourth-order valence-corrected chi connectivity index (χ4v) is 8.27. The van der Waals surface area contributed by atoms with Crippen LogP contribution in [0, 0.1) is 0 Å². The summed E-state index contributed by atoms with van der Waals surface area (Å²) in [5, 5.41) is 0.839. The van der Waals surface area contributed by atoms with Crippen molar-refractivity contribution in [2.75, 3.05) is 23.7 Å². The minimum absolute atomic E-state index is 0.0888. The lowest BCUT2D eigenvalue weighted by atomic mass is 9.81. The molecule has 7 heteroatoms. The molecule has 5 nitrogen and oxygen atoms in total. The van der Waals surface area contributed by atoms with Gasteiger partial charge in [0.25, 0.3) is 0 Å². The summed E-state index contributed by atoms with van der Waals surface area (Å²) in [6, 6.07) is 17.2. The van der Waals surface area contributed by atoms with Gasteiger partial charge in [-0.15, -0.1) is 0 Å². The van der Waals surface area contributed by atoms with E-state index in [1.54, 1.807) is 0 Å². The van der Waals surface area contributed by atoms with Gasteiger partial charge in [-0.25, -0.2) is 8.42 Å². The highest BCUT2D eigenvalue weighted by molar-refractivity contribution is 7.85. The Labute approximate surface area is 281 Å². The summed E-state index contributed by atoms with van der Waals surface area (Å²) in [6.45, 7) is 13.0. The molecule has 0 saturated heterocycles. The van der Waals surface area contributed by atoms with E-state index in [2.05, 4.69) is 111 Å². The van der Waals surface area contributed by atoms with E-state index in [0.29, 0.717) is 19.4 Å². The van der Waals surface area contributed by atoms with Gasteiger partial charge in [-0.05, 0) is 81.2 Å². The number of unbranched alkanes of at least 4 members (excludes halogenated alkanes) is 3. The minimum Gasteiger partial charge on any atom is -0.748 e. The molecule has 246 valence electrons. The number of rotatable bonds is 12. The smallest absolute Gasteiger partial charge is 0.209 e. The van der Waals surface area contributed by atoms with Crippen LogP contribution < -0.4 is 4.90 Å². The average Bonchev–Trinajstić information content (AvgIpc) is 3.36. The normalized spacial score (nSPS) is 20.8. The van der Waals surface area contributed by atoms with E-state index in [0.717, 1.165) is 54.2 Å². The Morgan fingerprint density at radius 3 is 2.35 bits per heavy atom. The molecular formula is C39H49ClN2O3S. The zero-order valence-electron chi connectivity index (χ0n) is 28.1. The number of halogens is 1. The number of allylic oxidation sites excluding steroid dienone is 8. The second-order valence-corrected chi connectivity index (χ2v) is 15.8. The Balaban J connectivity index is 1.45. The predicted molar refractivity (Wildman–Crippen MR) is 191 cm³/mol. The zero-order chi connectivity index (χ0) is 33.1. The standard InChI is InChI=1S/C39H49ClN2O3S/c1-6-7-12-26-41-33-20-10-8-18-31(33)38(2,3)35(41)24-22-29-16-15-17-30(37(29)40)23-25-36-39(4,5)32-19-9-11-21-34(32)42(36)27-13-14-28-46(43,44)45/h8-11,18-25H,6-7,12-17,26-28H2,1-5H3. The molecule has 2 aliphatic heterocycles. The summed E-state index contributed by atoms with van der Waals surface area (Å²) in [6.07, 6.45) is 16.4. The molecule has 0 amide bonds. The summed E-state index contributed by atoms with van der Waals surface area (Å²) in [5.41, 5.74) is 9.55. The van der Waals surface area contributed by atoms with Crippen LogP contribution in [-0.2, 0) is 20.9 Å². The Morgan fingerprint density at radius 1 is 0.891 bits per heavy atom. The molecule has 0 N–H and O–H groups in total. The number of fused-ring (bicyclic) bond motifs is 2. The Kier molecular flexibility index (Phi) is 10.5. The molecule has 0 radical (unpaired) electrons. The number of para-hydroxylation sites is 2. The van der Waals surface area contributed by atoms with Crippen LogP contribution in [0.2, 0.25) is 0 Å². The Morgan fingerprint density at radius 2 is 1.61 bits per heavy atom. The second kappa shape index (κ2) is 14.0. The summed E-state index contributed by atoms with van der Waals surface area (Å²) in [4.78, 5) is 2.29. The van der Waals surface area contributed by atoms with Crippen LogP contribution in [0.3, 0.4) is 0 Å². The summed E-state index contributed by atoms with van der Waals surface area (Å²) >= 11 is 7.17. The molecule has 1 aliphatic carbocycles. The van der Waals surface area contributed by atoms with Crippen molar-refractivity contribution in [3.63, 3.8) is 0 Å². The van der Waals surface area contributed by atoms with E-state index < -0.39 is 10.1 Å². The number of hydrogen-bond donors (Lipinski definition) is 0. The molecule has 0 bridgehead atoms. The molecule has 0 spiro atoms. The van der Waals surface area contributed by atoms with Gasteiger partial charge in [0.15, 0.2) is 5.71 Å². The van der Waals surface area contributed by atoms with E-state index in [9.17, 15) is 13.0 Å². The van der Waals surface area contributed by atoms with Gasteiger partial charge >= 0.3 is 0 Å². The zero-order valence-corrected chi connectivity index (χ0v) is 29.7. The summed E-state index contributed by atoms with van der Waals surface area (Å²) in [5.74, 6) is -0.329. The molecule has 2 heterocycles. The topological polar surface area (TPSA) is 63.5 Å². The van der Waals surface area contributed by atoms with Crippen molar-refractivity contribution < 1.29 is 17.5 Å². The highest BCUT2D eigenvalue weighted by Gasteiger charge is 2.44. The molecule has 0 unspecified atom stereocenters. The Hall–Kier alpha value is -2.93. The van der Waals surface area contributed by atoms with Crippen LogP contribution in [0.25, 0.3) is 0 Å². The average molecular weight is 661 g/mol. The fraction of sp³-hybridized carbons (Fsp3) is 0.462. The maximum Gasteiger partial charge on any atom is 0.209 e. The number of anilines is 1. The molecule has 2 aromatic rings. The first kappa shape index (κ1) is 34.4. The summed E-state index contributed by atoms with van der Waals surface area (Å²) < 4.78 is 36.1. The lowest BCUT2D eigenvalue weighted by Crippen LogP contribution is -2.28. The van der Waals surface area contributed by atoms with Gasteiger partial charge in [-0.2, -0.15) is 4.58 Å². The van der Waals surface area contributed by atoms with Gasteiger partial charge in [0.2, 0.25) is 5.69 Å². The highest BCUT2D eigenvalue weighted by Crippen LogP contribution is 2.48. The van der Waals surface area contributed by atoms with Crippen molar-refractivity contribution in [2.24, 2.45) is 0 Å². The molecule has 0 fully saturated rings. The van der Waals surface area contributed by atoms with Crippen molar-refractivity contribution in [2.45, 2.75) is 96.8 Å². The van der Waals surface area contributed by atoms with Crippen LogP contribution in [-0.4, -0.2) is 42.1 Å². The molecule has 0 atom stereocenters. The van der Waals surface area contributed by atoms with E-state index in [4.69, 9.17) is 11.6 Å². The first-order valence-corrected chi connectivity index (χ1v) is 18.9. The van der Waals surface area contributed by atoms with Crippen LogP contribution in [0.15, 0.2) is 94.7 Å². The van der Waals surface area contributed by atoms with E-state index in [-0.39, 0.29) is 16.6 Å². The van der Waals surface area contributed by atoms with Gasteiger partial charge in [0.05, 0.1) is 15.5 Å². The van der Waals surface area contributed by atoms with Gasteiger partial charge in [-0.3, -0.25) is 0 Å². The predicted octanol–water partition coefficient (Wildman–Crippen LogP) is 9.42. The quantitative estimate of drug-likeness (QED) is 0.129. The maximum atomic E-state index is 11.2. The van der Waals surface area contributed by atoms with Crippen molar-refractivity contribution >= 4 is 38.8 Å². The maximum absolute atomic E-state index is 11.2. The number of hydrogen-bond acceptors (Lipinski definition) is 4. The largest absolute Gasteiger partial charge is 0.748 e. The lowest BCUT2D eigenvalue weighted by molar-refractivity contribution is -0.438. The number of benzene rings is 2. The van der Waals surface area contributed by atoms with E-state index in [1.165, 1.54) is 40.9 Å². The monoisotopic (exact) mass is 660 g/mol.